The van der Waals surface area contributed by atoms with Crippen molar-refractivity contribution in [1.29, 1.82) is 0 Å². The molecule has 0 aromatic carbocycles. The average molecular weight is 170 g/mol. The molecule has 0 bridgehead atoms. The van der Waals surface area contributed by atoms with E-state index >= 15 is 0 Å². The average Bonchev–Trinajstić information content (AvgIpc) is 2.39. The van der Waals surface area contributed by atoms with E-state index in [9.17, 15) is 4.79 Å². The number of carbonyl (C=O) groups is 1. The number of rotatable bonds is 2. The summed E-state index contributed by atoms with van der Waals surface area (Å²) in [7, 11) is 0. The minimum atomic E-state index is -1.12. The molecule has 0 aliphatic rings. The third-order valence-electron chi connectivity index (χ3n) is 0.977. The van der Waals surface area contributed by atoms with Crippen LogP contribution in [0.1, 0.15) is 5.01 Å². The Morgan fingerprint density at radius 1 is 1.82 bits per heavy atom. The van der Waals surface area contributed by atoms with E-state index in [-0.39, 0.29) is 5.70 Å². The largest absolute Gasteiger partial charge is 0.477 e. The van der Waals surface area contributed by atoms with Crippen LogP contribution in [0.3, 0.4) is 0 Å². The highest BCUT2D eigenvalue weighted by atomic mass is 32.1. The first-order chi connectivity index (χ1) is 5.20. The van der Waals surface area contributed by atoms with Crippen LogP contribution in [-0.4, -0.2) is 16.1 Å². The highest BCUT2D eigenvalue weighted by molar-refractivity contribution is 7.10. The van der Waals surface area contributed by atoms with Crippen molar-refractivity contribution in [2.45, 2.75) is 0 Å². The van der Waals surface area contributed by atoms with Gasteiger partial charge in [-0.1, -0.05) is 0 Å². The van der Waals surface area contributed by atoms with Gasteiger partial charge in [0.25, 0.3) is 0 Å². The second-order valence-corrected chi connectivity index (χ2v) is 2.70. The number of nitrogens with zero attached hydrogens (tertiary/aromatic N) is 1. The molecule has 0 unspecified atom stereocenters. The minimum absolute atomic E-state index is 0.194. The Bertz CT molecular complexity index is 279. The lowest BCUT2D eigenvalue weighted by Gasteiger charge is -1.88. The maximum absolute atomic E-state index is 10.2. The lowest BCUT2D eigenvalue weighted by atomic mass is 10.4. The van der Waals surface area contributed by atoms with Gasteiger partial charge in [-0.25, -0.2) is 9.78 Å². The lowest BCUT2D eigenvalue weighted by Crippen LogP contribution is -2.08. The van der Waals surface area contributed by atoms with Crippen molar-refractivity contribution in [1.82, 2.24) is 4.98 Å². The van der Waals surface area contributed by atoms with Crippen molar-refractivity contribution in [3.8, 4) is 0 Å². The molecule has 1 heterocycles. The first-order valence-electron chi connectivity index (χ1n) is 2.80. The van der Waals surface area contributed by atoms with Crippen LogP contribution in [-0.2, 0) is 4.79 Å². The van der Waals surface area contributed by atoms with Crippen LogP contribution in [0, 0.1) is 0 Å². The van der Waals surface area contributed by atoms with Crippen molar-refractivity contribution in [2.24, 2.45) is 5.73 Å². The van der Waals surface area contributed by atoms with Gasteiger partial charge < -0.3 is 10.8 Å². The van der Waals surface area contributed by atoms with Gasteiger partial charge in [0.2, 0.25) is 0 Å². The van der Waals surface area contributed by atoms with Crippen LogP contribution in [0.4, 0.5) is 0 Å². The summed E-state index contributed by atoms with van der Waals surface area (Å²) in [6, 6.07) is 0. The maximum atomic E-state index is 10.2. The summed E-state index contributed by atoms with van der Waals surface area (Å²) in [6.07, 6.45) is 2.92. The molecule has 1 aromatic heterocycles. The fourth-order valence-corrected chi connectivity index (χ4v) is 1.08. The Labute approximate surface area is 67.0 Å². The number of carboxylic acids is 1. The Hall–Kier alpha value is -1.36. The number of nitrogens with two attached hydrogens (primary N) is 1. The van der Waals surface area contributed by atoms with E-state index in [0.717, 1.165) is 0 Å². The van der Waals surface area contributed by atoms with E-state index < -0.39 is 5.97 Å². The molecule has 0 saturated carbocycles. The third kappa shape index (κ3) is 2.05. The Kier molecular flexibility index (Phi) is 2.22. The number of thiazole rings is 1. The number of carboxylic acid groups (broad SMARTS) is 1. The van der Waals surface area contributed by atoms with E-state index in [0.29, 0.717) is 5.01 Å². The van der Waals surface area contributed by atoms with Crippen molar-refractivity contribution in [2.75, 3.05) is 0 Å². The normalized spacial score (nSPS) is 11.5. The van der Waals surface area contributed by atoms with Gasteiger partial charge in [0, 0.05) is 17.7 Å². The molecule has 1 rings (SSSR count). The zero-order valence-electron chi connectivity index (χ0n) is 5.52. The van der Waals surface area contributed by atoms with Crippen molar-refractivity contribution < 1.29 is 9.90 Å². The molecule has 0 fully saturated rings. The van der Waals surface area contributed by atoms with Crippen molar-refractivity contribution >= 4 is 23.4 Å². The number of hydrogen-bond donors (Lipinski definition) is 2. The standard InChI is InChI=1S/C6H6N2O2S/c7-4(6(9)10)3-5-8-1-2-11-5/h1-3H,7H2,(H,9,10)/b4-3-. The summed E-state index contributed by atoms with van der Waals surface area (Å²) in [5, 5.41) is 10.7. The van der Waals surface area contributed by atoms with E-state index in [1.807, 2.05) is 0 Å². The Morgan fingerprint density at radius 3 is 3.00 bits per heavy atom. The van der Waals surface area contributed by atoms with E-state index in [1.54, 1.807) is 11.6 Å². The summed E-state index contributed by atoms with van der Waals surface area (Å²) < 4.78 is 0. The zero-order chi connectivity index (χ0) is 8.27. The summed E-state index contributed by atoms with van der Waals surface area (Å²) >= 11 is 1.34. The molecule has 0 aliphatic carbocycles. The number of aliphatic carboxylic acids is 1. The Balaban J connectivity index is 2.82. The van der Waals surface area contributed by atoms with Crippen LogP contribution in [0.5, 0.6) is 0 Å². The maximum Gasteiger partial charge on any atom is 0.351 e. The molecule has 0 aliphatic heterocycles. The first kappa shape index (κ1) is 7.74. The summed E-state index contributed by atoms with van der Waals surface area (Å²) in [4.78, 5) is 14.0. The van der Waals surface area contributed by atoms with Gasteiger partial charge in [-0.3, -0.25) is 0 Å². The van der Waals surface area contributed by atoms with Gasteiger partial charge in [-0.15, -0.1) is 11.3 Å². The van der Waals surface area contributed by atoms with Crippen molar-refractivity contribution in [3.05, 3.63) is 22.3 Å². The van der Waals surface area contributed by atoms with Gasteiger partial charge in [-0.05, 0) is 0 Å². The SMILES string of the molecule is N/C(=C\c1nccs1)C(=O)O. The van der Waals surface area contributed by atoms with Gasteiger partial charge >= 0.3 is 5.97 Å². The van der Waals surface area contributed by atoms with Gasteiger partial charge in [0.05, 0.1) is 0 Å². The van der Waals surface area contributed by atoms with Crippen LogP contribution in [0.15, 0.2) is 17.3 Å². The number of hydrogen-bond acceptors (Lipinski definition) is 4. The molecular formula is C6H6N2O2S. The molecule has 0 spiro atoms. The molecule has 0 radical (unpaired) electrons. The fraction of sp³-hybridized carbons (Fsp3) is 0. The predicted molar refractivity (Wildman–Crippen MR) is 41.9 cm³/mol. The molecule has 0 amide bonds. The van der Waals surface area contributed by atoms with Gasteiger partial charge in [0.1, 0.15) is 10.7 Å². The first-order valence-corrected chi connectivity index (χ1v) is 3.68. The van der Waals surface area contributed by atoms with E-state index in [1.165, 1.54) is 17.4 Å². The highest BCUT2D eigenvalue weighted by Gasteiger charge is 2.00. The minimum Gasteiger partial charge on any atom is -0.477 e. The Morgan fingerprint density at radius 2 is 2.55 bits per heavy atom. The van der Waals surface area contributed by atoms with Crippen molar-refractivity contribution in [3.63, 3.8) is 0 Å². The van der Waals surface area contributed by atoms with Crippen LogP contribution >= 0.6 is 11.3 Å². The van der Waals surface area contributed by atoms with E-state index in [2.05, 4.69) is 4.98 Å². The topological polar surface area (TPSA) is 76.2 Å². The molecule has 11 heavy (non-hydrogen) atoms. The predicted octanol–water partition coefficient (Wildman–Crippen LogP) is 0.527. The van der Waals surface area contributed by atoms with Crippen LogP contribution < -0.4 is 5.73 Å². The fourth-order valence-electron chi connectivity index (χ4n) is 0.501. The second kappa shape index (κ2) is 3.16. The molecule has 1 aromatic rings. The monoisotopic (exact) mass is 170 g/mol. The summed E-state index contributed by atoms with van der Waals surface area (Å²) in [5.74, 6) is -1.12. The molecule has 3 N–H and O–H groups in total. The van der Waals surface area contributed by atoms with Crippen LogP contribution in [0.25, 0.3) is 6.08 Å². The number of aromatic nitrogens is 1. The molecule has 0 atom stereocenters. The molecule has 5 heteroatoms. The molecule has 0 saturated heterocycles. The second-order valence-electron chi connectivity index (χ2n) is 1.78. The third-order valence-corrected chi connectivity index (χ3v) is 1.70. The summed E-state index contributed by atoms with van der Waals surface area (Å²) in [5.41, 5.74) is 4.94. The lowest BCUT2D eigenvalue weighted by molar-refractivity contribution is -0.132. The molecular weight excluding hydrogens is 164 g/mol. The highest BCUT2D eigenvalue weighted by Crippen LogP contribution is 2.07. The molecule has 58 valence electrons. The smallest absolute Gasteiger partial charge is 0.351 e. The zero-order valence-corrected chi connectivity index (χ0v) is 6.34. The molecule has 4 nitrogen and oxygen atoms in total. The quantitative estimate of drug-likeness (QED) is 0.634. The van der Waals surface area contributed by atoms with Gasteiger partial charge in [0.15, 0.2) is 0 Å². The summed E-state index contributed by atoms with van der Waals surface area (Å²) in [6.45, 7) is 0. The van der Waals surface area contributed by atoms with E-state index in [4.69, 9.17) is 10.8 Å². The van der Waals surface area contributed by atoms with Crippen LogP contribution in [0.2, 0.25) is 0 Å². The van der Waals surface area contributed by atoms with Gasteiger partial charge in [-0.2, -0.15) is 0 Å².